The first kappa shape index (κ1) is 22.3. The number of hydrogen-bond donors (Lipinski definition) is 1. The maximum absolute atomic E-state index is 6.10. The summed E-state index contributed by atoms with van der Waals surface area (Å²) in [6.45, 7) is 4.11. The first-order chi connectivity index (χ1) is 15.8. The third-order valence-electron chi connectivity index (χ3n) is 5.73. The molecule has 3 aromatic carbocycles. The van der Waals surface area contributed by atoms with Crippen molar-refractivity contribution in [2.24, 2.45) is 0 Å². The van der Waals surface area contributed by atoms with Gasteiger partial charge in [0, 0.05) is 41.9 Å². The predicted octanol–water partition coefficient (Wildman–Crippen LogP) is 6.83. The van der Waals surface area contributed by atoms with Gasteiger partial charge in [-0.1, -0.05) is 72.3 Å². The quantitative estimate of drug-likeness (QED) is 0.257. The minimum Gasteiger partial charge on any atom is -0.384 e. The molecule has 0 atom stereocenters. The van der Waals surface area contributed by atoms with Gasteiger partial charge in [-0.3, -0.25) is 9.88 Å². The fourth-order valence-electron chi connectivity index (χ4n) is 4.00. The van der Waals surface area contributed by atoms with Gasteiger partial charge in [0.1, 0.15) is 0 Å². The zero-order chi connectivity index (χ0) is 22.0. The monoisotopic (exact) mass is 443 g/mol. The lowest BCUT2D eigenvalue weighted by molar-refractivity contribution is 0.264. The smallest absolute Gasteiger partial charge is 0.0737 e. The minimum atomic E-state index is 0.719. The van der Waals surface area contributed by atoms with Crippen molar-refractivity contribution in [3.05, 3.63) is 107 Å². The van der Waals surface area contributed by atoms with Crippen molar-refractivity contribution in [1.29, 1.82) is 0 Å². The molecule has 0 fully saturated rings. The molecule has 164 valence electrons. The molecule has 0 aliphatic rings. The summed E-state index contributed by atoms with van der Waals surface area (Å²) in [5.41, 5.74) is 4.83. The Morgan fingerprint density at radius 2 is 1.53 bits per heavy atom. The fraction of sp³-hybridized carbons (Fsp3) is 0.250. The standard InChI is InChI=1S/C28H30ClN3/c29-25-13-14-26-27(15-18-31-28(26)21-25)30-17-7-8-19-32(22-24-11-5-2-6-12-24)20-16-23-9-3-1-4-10-23/h1-6,9-15,18,21H,7-8,16-17,19-20,22H2,(H,30,31). The Hall–Kier alpha value is -2.88. The third-order valence-corrected chi connectivity index (χ3v) is 5.96. The number of unbranched alkanes of at least 4 members (excludes halogenated alkanes) is 1. The molecule has 0 aliphatic heterocycles. The van der Waals surface area contributed by atoms with Gasteiger partial charge in [-0.15, -0.1) is 0 Å². The maximum atomic E-state index is 6.10. The molecule has 0 radical (unpaired) electrons. The highest BCUT2D eigenvalue weighted by atomic mass is 35.5. The van der Waals surface area contributed by atoms with E-state index in [0.717, 1.165) is 67.1 Å². The van der Waals surface area contributed by atoms with Crippen LogP contribution in [0.25, 0.3) is 10.9 Å². The molecule has 0 spiro atoms. The van der Waals surface area contributed by atoms with Crippen LogP contribution in [0.15, 0.2) is 91.1 Å². The Kier molecular flexibility index (Phi) is 8.13. The van der Waals surface area contributed by atoms with Gasteiger partial charge in [0.15, 0.2) is 0 Å². The average molecular weight is 444 g/mol. The molecule has 0 unspecified atom stereocenters. The van der Waals surface area contributed by atoms with Crippen molar-refractivity contribution in [2.75, 3.05) is 25.0 Å². The van der Waals surface area contributed by atoms with Gasteiger partial charge < -0.3 is 5.32 Å². The summed E-state index contributed by atoms with van der Waals surface area (Å²) in [5.74, 6) is 0. The van der Waals surface area contributed by atoms with E-state index in [1.165, 1.54) is 11.1 Å². The van der Waals surface area contributed by atoms with Crippen molar-refractivity contribution >= 4 is 28.2 Å². The second-order valence-electron chi connectivity index (χ2n) is 8.15. The van der Waals surface area contributed by atoms with Crippen LogP contribution >= 0.6 is 11.6 Å². The summed E-state index contributed by atoms with van der Waals surface area (Å²) >= 11 is 6.10. The molecule has 4 heteroatoms. The Morgan fingerprint density at radius 3 is 2.31 bits per heavy atom. The van der Waals surface area contributed by atoms with Crippen molar-refractivity contribution in [1.82, 2.24) is 9.88 Å². The molecule has 32 heavy (non-hydrogen) atoms. The lowest BCUT2D eigenvalue weighted by Crippen LogP contribution is -2.27. The number of benzene rings is 3. The zero-order valence-corrected chi connectivity index (χ0v) is 19.1. The molecule has 0 bridgehead atoms. The Morgan fingerprint density at radius 1 is 0.781 bits per heavy atom. The van der Waals surface area contributed by atoms with Gasteiger partial charge in [-0.25, -0.2) is 0 Å². The highest BCUT2D eigenvalue weighted by molar-refractivity contribution is 6.31. The number of anilines is 1. The van der Waals surface area contributed by atoms with Gasteiger partial charge in [-0.2, -0.15) is 0 Å². The highest BCUT2D eigenvalue weighted by Gasteiger charge is 2.07. The van der Waals surface area contributed by atoms with E-state index in [1.807, 2.05) is 30.5 Å². The van der Waals surface area contributed by atoms with Gasteiger partial charge in [0.05, 0.1) is 5.52 Å². The number of nitrogens with one attached hydrogen (secondary N) is 1. The molecule has 0 amide bonds. The van der Waals surface area contributed by atoms with Gasteiger partial charge in [-0.05, 0) is 61.2 Å². The van der Waals surface area contributed by atoms with Crippen LogP contribution < -0.4 is 5.32 Å². The molecule has 4 aromatic rings. The van der Waals surface area contributed by atoms with Crippen molar-refractivity contribution in [3.8, 4) is 0 Å². The zero-order valence-electron chi connectivity index (χ0n) is 18.4. The van der Waals surface area contributed by atoms with Crippen LogP contribution in [0.4, 0.5) is 5.69 Å². The maximum Gasteiger partial charge on any atom is 0.0737 e. The number of aromatic nitrogens is 1. The summed E-state index contributed by atoms with van der Waals surface area (Å²) in [6.07, 6.45) is 5.20. The largest absolute Gasteiger partial charge is 0.384 e. The number of rotatable bonds is 11. The predicted molar refractivity (Wildman–Crippen MR) is 136 cm³/mol. The van der Waals surface area contributed by atoms with E-state index in [4.69, 9.17) is 11.6 Å². The Balaban J connectivity index is 1.29. The summed E-state index contributed by atoms with van der Waals surface area (Å²) in [5, 5.41) is 5.42. The van der Waals surface area contributed by atoms with Crippen LogP contribution in [-0.4, -0.2) is 29.5 Å². The highest BCUT2D eigenvalue weighted by Crippen LogP contribution is 2.24. The lowest BCUT2D eigenvalue weighted by Gasteiger charge is -2.23. The molecule has 4 rings (SSSR count). The summed E-state index contributed by atoms with van der Waals surface area (Å²) in [6, 6.07) is 29.5. The van der Waals surface area contributed by atoms with E-state index in [1.54, 1.807) is 0 Å². The van der Waals surface area contributed by atoms with E-state index >= 15 is 0 Å². The van der Waals surface area contributed by atoms with Crippen LogP contribution in [0.2, 0.25) is 5.02 Å². The molecule has 1 aromatic heterocycles. The summed E-state index contributed by atoms with van der Waals surface area (Å²) in [4.78, 5) is 7.00. The van der Waals surface area contributed by atoms with E-state index in [0.29, 0.717) is 0 Å². The van der Waals surface area contributed by atoms with Gasteiger partial charge in [0.25, 0.3) is 0 Å². The summed E-state index contributed by atoms with van der Waals surface area (Å²) < 4.78 is 0. The molecule has 0 saturated heterocycles. The number of fused-ring (bicyclic) bond motifs is 1. The molecular formula is C28H30ClN3. The van der Waals surface area contributed by atoms with Crippen molar-refractivity contribution in [2.45, 2.75) is 25.8 Å². The third kappa shape index (κ3) is 6.56. The van der Waals surface area contributed by atoms with Gasteiger partial charge in [0.2, 0.25) is 0 Å². The van der Waals surface area contributed by atoms with Crippen LogP contribution in [0.3, 0.4) is 0 Å². The Bertz CT molecular complexity index is 1100. The number of nitrogens with zero attached hydrogens (tertiary/aromatic N) is 2. The van der Waals surface area contributed by atoms with E-state index in [2.05, 4.69) is 75.9 Å². The number of halogens is 1. The SMILES string of the molecule is Clc1ccc2c(NCCCCN(CCc3ccccc3)Cc3ccccc3)ccnc2c1. The van der Waals surface area contributed by atoms with E-state index < -0.39 is 0 Å². The number of hydrogen-bond acceptors (Lipinski definition) is 3. The van der Waals surface area contributed by atoms with Crippen molar-refractivity contribution in [3.63, 3.8) is 0 Å². The van der Waals surface area contributed by atoms with E-state index in [-0.39, 0.29) is 0 Å². The number of pyridine rings is 1. The molecule has 3 nitrogen and oxygen atoms in total. The minimum absolute atomic E-state index is 0.719. The topological polar surface area (TPSA) is 28.2 Å². The molecule has 1 N–H and O–H groups in total. The van der Waals surface area contributed by atoms with Crippen LogP contribution in [0, 0.1) is 0 Å². The second-order valence-corrected chi connectivity index (χ2v) is 8.59. The van der Waals surface area contributed by atoms with Crippen LogP contribution in [0.5, 0.6) is 0 Å². The molecular weight excluding hydrogens is 414 g/mol. The lowest BCUT2D eigenvalue weighted by atomic mass is 10.1. The van der Waals surface area contributed by atoms with E-state index in [9.17, 15) is 0 Å². The summed E-state index contributed by atoms with van der Waals surface area (Å²) in [7, 11) is 0. The van der Waals surface area contributed by atoms with Crippen molar-refractivity contribution < 1.29 is 0 Å². The molecule has 0 saturated carbocycles. The van der Waals surface area contributed by atoms with Crippen LogP contribution in [-0.2, 0) is 13.0 Å². The normalized spacial score (nSPS) is 11.2. The molecule has 1 heterocycles. The van der Waals surface area contributed by atoms with Crippen LogP contribution in [0.1, 0.15) is 24.0 Å². The fourth-order valence-corrected chi connectivity index (χ4v) is 4.17. The molecule has 0 aliphatic carbocycles. The first-order valence-electron chi connectivity index (χ1n) is 11.4. The Labute approximate surface area is 196 Å². The first-order valence-corrected chi connectivity index (χ1v) is 11.7. The second kappa shape index (κ2) is 11.7. The van der Waals surface area contributed by atoms with Gasteiger partial charge >= 0.3 is 0 Å². The average Bonchev–Trinajstić information content (AvgIpc) is 2.83.